The van der Waals surface area contributed by atoms with Crippen LogP contribution in [0.5, 0.6) is 0 Å². The highest BCUT2D eigenvalue weighted by Gasteiger charge is 2.34. The van der Waals surface area contributed by atoms with Crippen molar-refractivity contribution in [3.8, 4) is 0 Å². The maximum atomic E-state index is 13.5. The Hall–Kier alpha value is -2.46. The number of hydrogen-bond acceptors (Lipinski definition) is 5. The molecule has 1 N–H and O–H groups in total. The molecule has 2 aromatic carbocycles. The maximum absolute atomic E-state index is 13.5. The minimum Gasteiger partial charge on any atom is -0.389 e. The van der Waals surface area contributed by atoms with Crippen LogP contribution in [-0.4, -0.2) is 74.0 Å². The summed E-state index contributed by atoms with van der Waals surface area (Å²) in [6.07, 6.45) is -4.04. The second-order valence-electron chi connectivity index (χ2n) is 9.11. The van der Waals surface area contributed by atoms with Crippen molar-refractivity contribution in [1.29, 1.82) is 0 Å². The molecule has 0 saturated heterocycles. The average molecular weight is 509 g/mol. The lowest BCUT2D eigenvalue weighted by Crippen LogP contribution is -2.39. The van der Waals surface area contributed by atoms with E-state index >= 15 is 0 Å². The number of halogens is 3. The Kier molecular flexibility index (Phi) is 10.3. The van der Waals surface area contributed by atoms with Crippen LogP contribution in [0.1, 0.15) is 34.2 Å². The minimum absolute atomic E-state index is 0.00351. The topological polar surface area (TPSA) is 62.2 Å². The lowest BCUT2D eigenvalue weighted by atomic mass is 9.92. The zero-order valence-electron chi connectivity index (χ0n) is 20.9. The van der Waals surface area contributed by atoms with Gasteiger partial charge in [0.1, 0.15) is 0 Å². The van der Waals surface area contributed by atoms with Gasteiger partial charge in [-0.2, -0.15) is 13.2 Å². The number of benzene rings is 2. The zero-order chi connectivity index (χ0) is 26.1. The summed E-state index contributed by atoms with van der Waals surface area (Å²) in [4.78, 5) is 16.9. The molecule has 9 heteroatoms. The highest BCUT2D eigenvalue weighted by molar-refractivity contribution is 5.76. The number of ether oxygens (including phenoxy) is 2. The number of aliphatic hydroxyl groups excluding tert-OH is 1. The number of alkyl halides is 3. The fraction of sp³-hybridized carbons (Fsp3) is 0.519. The van der Waals surface area contributed by atoms with E-state index in [0.29, 0.717) is 13.0 Å². The predicted octanol–water partition coefficient (Wildman–Crippen LogP) is 3.68. The lowest BCUT2D eigenvalue weighted by molar-refractivity contribution is -0.140. The third-order valence-corrected chi connectivity index (χ3v) is 6.49. The summed E-state index contributed by atoms with van der Waals surface area (Å²) in [5, 5.41) is 10.3. The van der Waals surface area contributed by atoms with Crippen molar-refractivity contribution in [1.82, 2.24) is 9.80 Å². The van der Waals surface area contributed by atoms with Crippen molar-refractivity contribution in [3.05, 3.63) is 70.3 Å². The van der Waals surface area contributed by atoms with E-state index in [1.165, 1.54) is 41.3 Å². The molecule has 0 saturated carbocycles. The number of fused-ring (bicyclic) bond motifs is 1. The van der Waals surface area contributed by atoms with Crippen LogP contribution in [0.3, 0.4) is 0 Å². The van der Waals surface area contributed by atoms with E-state index in [1.54, 1.807) is 7.11 Å². The SMILES string of the molecule is COCCN1CCc2c(CCC(=O)N(Cc3ccccc3C(F)(F)F)CC(O)COC)cccc2C1. The summed E-state index contributed by atoms with van der Waals surface area (Å²) in [6, 6.07) is 11.3. The highest BCUT2D eigenvalue weighted by Crippen LogP contribution is 2.32. The normalized spacial score (nSPS) is 14.9. The van der Waals surface area contributed by atoms with Gasteiger partial charge in [-0.25, -0.2) is 0 Å². The molecular weight excluding hydrogens is 473 g/mol. The van der Waals surface area contributed by atoms with Crippen LogP contribution in [0.15, 0.2) is 42.5 Å². The molecule has 1 heterocycles. The third kappa shape index (κ3) is 7.77. The number of amides is 1. The first-order valence-corrected chi connectivity index (χ1v) is 12.1. The Labute approximate surface area is 210 Å². The summed E-state index contributed by atoms with van der Waals surface area (Å²) in [6.45, 7) is 2.89. The first-order valence-electron chi connectivity index (χ1n) is 12.1. The number of aliphatic hydroxyl groups is 1. The first-order chi connectivity index (χ1) is 17.2. The molecule has 6 nitrogen and oxygen atoms in total. The number of aryl methyl sites for hydroxylation is 1. The molecule has 2 aromatic rings. The van der Waals surface area contributed by atoms with Gasteiger partial charge in [-0.05, 0) is 41.2 Å². The highest BCUT2D eigenvalue weighted by atomic mass is 19.4. The van der Waals surface area contributed by atoms with E-state index in [1.807, 2.05) is 12.1 Å². The standard InChI is InChI=1S/C27H35F3N2O4/c1-35-15-14-31-13-12-24-20(7-5-8-21(24)16-31)10-11-26(34)32(18-23(33)19-36-2)17-22-6-3-4-9-25(22)27(28,29)30/h3-9,23,33H,10-19H2,1-2H3. The predicted molar refractivity (Wildman–Crippen MR) is 130 cm³/mol. The van der Waals surface area contributed by atoms with Crippen LogP contribution in [0, 0.1) is 0 Å². The van der Waals surface area contributed by atoms with Crippen LogP contribution >= 0.6 is 0 Å². The number of rotatable bonds is 12. The summed E-state index contributed by atoms with van der Waals surface area (Å²) in [5.41, 5.74) is 2.77. The van der Waals surface area contributed by atoms with E-state index < -0.39 is 17.8 Å². The molecule has 1 aliphatic rings. The molecule has 3 rings (SSSR count). The lowest BCUT2D eigenvalue weighted by Gasteiger charge is -2.30. The van der Waals surface area contributed by atoms with Gasteiger partial charge in [0.2, 0.25) is 5.91 Å². The molecule has 0 aliphatic carbocycles. The van der Waals surface area contributed by atoms with Crippen molar-refractivity contribution in [2.24, 2.45) is 0 Å². The van der Waals surface area contributed by atoms with Crippen molar-refractivity contribution in [3.63, 3.8) is 0 Å². The van der Waals surface area contributed by atoms with Crippen LogP contribution in [0.4, 0.5) is 13.2 Å². The number of hydrogen-bond donors (Lipinski definition) is 1. The number of methoxy groups -OCH3 is 2. The molecule has 1 unspecified atom stereocenters. The van der Waals surface area contributed by atoms with Gasteiger partial charge in [-0.3, -0.25) is 9.69 Å². The van der Waals surface area contributed by atoms with E-state index in [4.69, 9.17) is 9.47 Å². The Bertz CT molecular complexity index is 999. The second kappa shape index (κ2) is 13.2. The summed E-state index contributed by atoms with van der Waals surface area (Å²) in [5.74, 6) is -0.308. The van der Waals surface area contributed by atoms with Gasteiger partial charge in [0, 0.05) is 53.4 Å². The molecular formula is C27H35F3N2O4. The van der Waals surface area contributed by atoms with Crippen LogP contribution < -0.4 is 0 Å². The van der Waals surface area contributed by atoms with Gasteiger partial charge in [0.15, 0.2) is 0 Å². The molecule has 1 atom stereocenters. The molecule has 0 aromatic heterocycles. The number of carbonyl (C=O) groups excluding carboxylic acids is 1. The molecule has 1 amide bonds. The smallest absolute Gasteiger partial charge is 0.389 e. The van der Waals surface area contributed by atoms with Crippen LogP contribution in [0.2, 0.25) is 0 Å². The van der Waals surface area contributed by atoms with Gasteiger partial charge in [0.25, 0.3) is 0 Å². The summed E-state index contributed by atoms with van der Waals surface area (Å²) < 4.78 is 50.7. The van der Waals surface area contributed by atoms with Crippen molar-refractivity contribution in [2.45, 2.75) is 44.6 Å². The Morgan fingerprint density at radius 2 is 1.86 bits per heavy atom. The van der Waals surface area contributed by atoms with Crippen molar-refractivity contribution in [2.75, 3.05) is 47.1 Å². The Morgan fingerprint density at radius 1 is 1.11 bits per heavy atom. The van der Waals surface area contributed by atoms with Gasteiger partial charge < -0.3 is 19.5 Å². The van der Waals surface area contributed by atoms with Gasteiger partial charge in [-0.15, -0.1) is 0 Å². The average Bonchev–Trinajstić information content (AvgIpc) is 2.85. The number of carbonyl (C=O) groups is 1. The molecule has 1 aliphatic heterocycles. The molecule has 198 valence electrons. The fourth-order valence-corrected chi connectivity index (χ4v) is 4.69. The fourth-order valence-electron chi connectivity index (χ4n) is 4.69. The molecule has 0 radical (unpaired) electrons. The molecule has 0 bridgehead atoms. The first kappa shape index (κ1) is 28.1. The van der Waals surface area contributed by atoms with E-state index in [9.17, 15) is 23.1 Å². The van der Waals surface area contributed by atoms with Crippen molar-refractivity contribution < 1.29 is 32.5 Å². The van der Waals surface area contributed by atoms with E-state index in [-0.39, 0.29) is 37.6 Å². The second-order valence-corrected chi connectivity index (χ2v) is 9.11. The molecule has 0 fully saturated rings. The third-order valence-electron chi connectivity index (χ3n) is 6.49. The van der Waals surface area contributed by atoms with E-state index in [2.05, 4.69) is 11.0 Å². The van der Waals surface area contributed by atoms with Crippen LogP contribution in [-0.2, 0) is 46.4 Å². The maximum Gasteiger partial charge on any atom is 0.416 e. The molecule has 0 spiro atoms. The van der Waals surface area contributed by atoms with Gasteiger partial charge in [-0.1, -0.05) is 36.4 Å². The Balaban J connectivity index is 1.73. The Morgan fingerprint density at radius 3 is 2.58 bits per heavy atom. The van der Waals surface area contributed by atoms with Crippen molar-refractivity contribution >= 4 is 5.91 Å². The summed E-state index contributed by atoms with van der Waals surface area (Å²) in [7, 11) is 3.11. The van der Waals surface area contributed by atoms with Gasteiger partial charge >= 0.3 is 6.18 Å². The molecule has 36 heavy (non-hydrogen) atoms. The zero-order valence-corrected chi connectivity index (χ0v) is 20.9. The monoisotopic (exact) mass is 508 g/mol. The largest absolute Gasteiger partial charge is 0.416 e. The van der Waals surface area contributed by atoms with Gasteiger partial charge in [0.05, 0.1) is 24.9 Å². The number of nitrogens with zero attached hydrogens (tertiary/aromatic N) is 2. The summed E-state index contributed by atoms with van der Waals surface area (Å²) >= 11 is 0. The minimum atomic E-state index is -4.53. The quantitative estimate of drug-likeness (QED) is 0.474. The van der Waals surface area contributed by atoms with E-state index in [0.717, 1.165) is 37.7 Å². The van der Waals surface area contributed by atoms with Crippen LogP contribution in [0.25, 0.3) is 0 Å².